The lowest BCUT2D eigenvalue weighted by molar-refractivity contribution is -0.0999. The SMILES string of the molecule is Cc1cc(-c2nnc(NC3CCC(O)CC3)o2)nc2c(C(C)(C)C)cc(NC(F)(F)F)cc12. The third-order valence-corrected chi connectivity index (χ3v) is 5.88. The monoisotopic (exact) mass is 463 g/mol. The van der Waals surface area contributed by atoms with Gasteiger partial charge >= 0.3 is 12.3 Å². The van der Waals surface area contributed by atoms with Crippen molar-refractivity contribution >= 4 is 22.6 Å². The van der Waals surface area contributed by atoms with E-state index in [2.05, 4.69) is 15.5 Å². The molecule has 2 heterocycles. The van der Waals surface area contributed by atoms with E-state index in [1.54, 1.807) is 11.4 Å². The molecule has 0 spiro atoms. The van der Waals surface area contributed by atoms with Crippen LogP contribution in [0, 0.1) is 6.92 Å². The van der Waals surface area contributed by atoms with E-state index in [0.717, 1.165) is 31.2 Å². The number of hydrogen-bond acceptors (Lipinski definition) is 7. The predicted octanol–water partition coefficient (Wildman–Crippen LogP) is 5.54. The molecule has 0 unspecified atom stereocenters. The van der Waals surface area contributed by atoms with Crippen LogP contribution in [0.4, 0.5) is 24.9 Å². The molecular weight excluding hydrogens is 435 g/mol. The van der Waals surface area contributed by atoms with Gasteiger partial charge in [0.25, 0.3) is 5.89 Å². The summed E-state index contributed by atoms with van der Waals surface area (Å²) >= 11 is 0. The fourth-order valence-corrected chi connectivity index (χ4v) is 4.19. The molecule has 0 aliphatic heterocycles. The number of nitrogens with one attached hydrogen (secondary N) is 2. The van der Waals surface area contributed by atoms with Crippen LogP contribution in [0.3, 0.4) is 0 Å². The summed E-state index contributed by atoms with van der Waals surface area (Å²) in [4.78, 5) is 4.71. The molecule has 2 aromatic heterocycles. The van der Waals surface area contributed by atoms with Gasteiger partial charge < -0.3 is 14.8 Å². The summed E-state index contributed by atoms with van der Waals surface area (Å²) in [5.41, 5.74) is 2.00. The summed E-state index contributed by atoms with van der Waals surface area (Å²) in [5.74, 6) is 0.232. The van der Waals surface area contributed by atoms with Gasteiger partial charge in [-0.25, -0.2) is 4.98 Å². The number of nitrogens with zero attached hydrogens (tertiary/aromatic N) is 3. The average Bonchev–Trinajstić information content (AvgIpc) is 3.16. The fourth-order valence-electron chi connectivity index (χ4n) is 4.19. The van der Waals surface area contributed by atoms with Crippen molar-refractivity contribution in [1.29, 1.82) is 0 Å². The van der Waals surface area contributed by atoms with Gasteiger partial charge in [0.1, 0.15) is 5.69 Å². The highest BCUT2D eigenvalue weighted by Gasteiger charge is 2.29. The third-order valence-electron chi connectivity index (χ3n) is 5.88. The van der Waals surface area contributed by atoms with Gasteiger partial charge in [-0.05, 0) is 67.3 Å². The topological polar surface area (TPSA) is 96.1 Å². The van der Waals surface area contributed by atoms with Gasteiger partial charge in [0.15, 0.2) is 0 Å². The lowest BCUT2D eigenvalue weighted by atomic mass is 9.84. The molecule has 0 bridgehead atoms. The van der Waals surface area contributed by atoms with Crippen molar-refractivity contribution in [3.63, 3.8) is 0 Å². The van der Waals surface area contributed by atoms with E-state index in [0.29, 0.717) is 22.2 Å². The van der Waals surface area contributed by atoms with E-state index >= 15 is 0 Å². The minimum Gasteiger partial charge on any atom is -0.402 e. The first-order valence-electron chi connectivity index (χ1n) is 11.0. The Labute approximate surface area is 189 Å². The zero-order valence-electron chi connectivity index (χ0n) is 19.0. The zero-order valence-corrected chi connectivity index (χ0v) is 19.0. The summed E-state index contributed by atoms with van der Waals surface area (Å²) in [5, 5.41) is 23.3. The third kappa shape index (κ3) is 5.38. The van der Waals surface area contributed by atoms with Crippen molar-refractivity contribution < 1.29 is 22.7 Å². The molecule has 4 rings (SSSR count). The van der Waals surface area contributed by atoms with Crippen LogP contribution >= 0.6 is 0 Å². The van der Waals surface area contributed by atoms with Crippen molar-refractivity contribution in [2.45, 2.75) is 77.2 Å². The number of pyridine rings is 1. The molecule has 0 atom stereocenters. The van der Waals surface area contributed by atoms with Gasteiger partial charge in [0, 0.05) is 17.1 Å². The molecule has 1 aliphatic carbocycles. The lowest BCUT2D eigenvalue weighted by Crippen LogP contribution is -2.28. The molecule has 0 radical (unpaired) electrons. The molecule has 7 nitrogen and oxygen atoms in total. The number of aryl methyl sites for hydroxylation is 1. The second-order valence-electron chi connectivity index (χ2n) is 9.68. The van der Waals surface area contributed by atoms with Crippen LogP contribution in [-0.4, -0.2) is 38.7 Å². The average molecular weight is 464 g/mol. The molecule has 0 amide bonds. The molecule has 3 aromatic rings. The number of aliphatic hydroxyl groups is 1. The second-order valence-corrected chi connectivity index (χ2v) is 9.68. The smallest absolute Gasteiger partial charge is 0.402 e. The number of aromatic nitrogens is 3. The largest absolute Gasteiger partial charge is 0.482 e. The molecule has 1 aliphatic rings. The molecule has 1 fully saturated rings. The number of rotatable bonds is 4. The Morgan fingerprint density at radius 1 is 1.03 bits per heavy atom. The summed E-state index contributed by atoms with van der Waals surface area (Å²) in [6.45, 7) is 7.61. The normalized spacial score (nSPS) is 19.6. The van der Waals surface area contributed by atoms with E-state index in [9.17, 15) is 18.3 Å². The number of anilines is 2. The number of benzene rings is 1. The van der Waals surface area contributed by atoms with Crippen molar-refractivity contribution in [3.05, 3.63) is 29.3 Å². The zero-order chi connectivity index (χ0) is 24.0. The lowest BCUT2D eigenvalue weighted by Gasteiger charge is -2.25. The van der Waals surface area contributed by atoms with Crippen LogP contribution < -0.4 is 10.6 Å². The molecule has 1 aromatic carbocycles. The number of aliphatic hydroxyl groups excluding tert-OH is 1. The molecule has 33 heavy (non-hydrogen) atoms. The van der Waals surface area contributed by atoms with E-state index in [-0.39, 0.29) is 29.7 Å². The van der Waals surface area contributed by atoms with Gasteiger partial charge in [-0.1, -0.05) is 25.9 Å². The first-order valence-corrected chi connectivity index (χ1v) is 11.0. The molecule has 1 saturated carbocycles. The van der Waals surface area contributed by atoms with Gasteiger partial charge in [-0.15, -0.1) is 5.10 Å². The Morgan fingerprint density at radius 2 is 1.73 bits per heavy atom. The van der Waals surface area contributed by atoms with Crippen LogP contribution in [0.5, 0.6) is 0 Å². The van der Waals surface area contributed by atoms with Crippen LogP contribution in [-0.2, 0) is 5.41 Å². The Hall–Kier alpha value is -2.88. The standard InChI is InChI=1S/C23H28F3N5O2/c1-12-9-18(20-30-31-21(33-20)27-13-5-7-15(32)8-6-13)28-19-16(12)10-14(29-23(24,25)26)11-17(19)22(2,3)4/h9-11,13,15,29,32H,5-8H2,1-4H3,(H,27,31). The molecule has 10 heteroatoms. The van der Waals surface area contributed by atoms with Crippen molar-refractivity contribution in [1.82, 2.24) is 15.2 Å². The first-order chi connectivity index (χ1) is 15.4. The minimum atomic E-state index is -4.53. The maximum atomic E-state index is 13.0. The van der Waals surface area contributed by atoms with E-state index in [1.165, 1.54) is 12.1 Å². The van der Waals surface area contributed by atoms with E-state index in [1.807, 2.05) is 27.7 Å². The van der Waals surface area contributed by atoms with Crippen molar-refractivity contribution in [3.8, 4) is 11.6 Å². The maximum absolute atomic E-state index is 13.0. The number of halogens is 3. The predicted molar refractivity (Wildman–Crippen MR) is 120 cm³/mol. The van der Waals surface area contributed by atoms with Gasteiger partial charge in [0.05, 0.1) is 11.6 Å². The van der Waals surface area contributed by atoms with Gasteiger partial charge in [0.2, 0.25) is 0 Å². The molecule has 0 saturated heterocycles. The highest BCUT2D eigenvalue weighted by molar-refractivity contribution is 5.90. The van der Waals surface area contributed by atoms with Crippen molar-refractivity contribution in [2.75, 3.05) is 10.6 Å². The van der Waals surface area contributed by atoms with E-state index < -0.39 is 11.7 Å². The maximum Gasteiger partial charge on any atom is 0.482 e. The molecular formula is C23H28F3N5O2. The van der Waals surface area contributed by atoms with Crippen molar-refractivity contribution in [2.24, 2.45) is 0 Å². The summed E-state index contributed by atoms with van der Waals surface area (Å²) in [7, 11) is 0. The molecule has 3 N–H and O–H groups in total. The number of fused-ring (bicyclic) bond motifs is 1. The summed E-state index contributed by atoms with van der Waals surface area (Å²) < 4.78 is 44.7. The quantitative estimate of drug-likeness (QED) is 0.437. The van der Waals surface area contributed by atoms with Gasteiger partial charge in [-0.3, -0.25) is 5.32 Å². The van der Waals surface area contributed by atoms with Crippen LogP contribution in [0.2, 0.25) is 0 Å². The summed E-state index contributed by atoms with van der Waals surface area (Å²) in [6, 6.07) is 5.12. The first kappa shape index (κ1) is 23.3. The second kappa shape index (κ2) is 8.48. The minimum absolute atomic E-state index is 0.0283. The fraction of sp³-hybridized carbons (Fsp3) is 0.522. The highest BCUT2D eigenvalue weighted by Crippen LogP contribution is 2.36. The number of hydrogen-bond donors (Lipinski definition) is 3. The van der Waals surface area contributed by atoms with Crippen LogP contribution in [0.1, 0.15) is 57.6 Å². The Balaban J connectivity index is 1.70. The molecule has 178 valence electrons. The van der Waals surface area contributed by atoms with Crippen LogP contribution in [0.25, 0.3) is 22.5 Å². The Kier molecular flexibility index (Phi) is 5.98. The number of alkyl halides is 3. The van der Waals surface area contributed by atoms with E-state index in [4.69, 9.17) is 9.40 Å². The Bertz CT molecular complexity index is 1150. The van der Waals surface area contributed by atoms with Crippen LogP contribution in [0.15, 0.2) is 22.6 Å². The summed E-state index contributed by atoms with van der Waals surface area (Å²) in [6.07, 6.45) is -1.70. The Morgan fingerprint density at radius 3 is 2.36 bits per heavy atom. The van der Waals surface area contributed by atoms with Gasteiger partial charge in [-0.2, -0.15) is 13.2 Å². The highest BCUT2D eigenvalue weighted by atomic mass is 19.4.